The Balaban J connectivity index is 1.62. The summed E-state index contributed by atoms with van der Waals surface area (Å²) in [7, 11) is 1.83. The van der Waals surface area contributed by atoms with E-state index in [-0.39, 0.29) is 18.0 Å². The van der Waals surface area contributed by atoms with Crippen LogP contribution in [0.1, 0.15) is 23.6 Å². The molecule has 0 spiro atoms. The zero-order chi connectivity index (χ0) is 16.2. The number of benzene rings is 2. The molecule has 1 heterocycles. The van der Waals surface area contributed by atoms with Gasteiger partial charge in [0.15, 0.2) is 0 Å². The second-order valence-corrected chi connectivity index (χ2v) is 6.24. The van der Waals surface area contributed by atoms with Gasteiger partial charge in [-0.1, -0.05) is 60.1 Å². The van der Waals surface area contributed by atoms with Crippen LogP contribution in [0.3, 0.4) is 0 Å². The van der Waals surface area contributed by atoms with Gasteiger partial charge in [0.2, 0.25) is 5.91 Å². The Bertz CT molecular complexity index is 677. The molecular weight excluding hydrogens is 310 g/mol. The number of hydrogen-bond acceptors (Lipinski definition) is 3. The number of hydrazine groups is 1. The fourth-order valence-electron chi connectivity index (χ4n) is 2.88. The largest absolute Gasteiger partial charge is 0.340 e. The molecule has 1 fully saturated rings. The smallest absolute Gasteiger partial charge is 0.241 e. The van der Waals surface area contributed by atoms with Gasteiger partial charge in [-0.3, -0.25) is 4.79 Å². The summed E-state index contributed by atoms with van der Waals surface area (Å²) in [6.45, 7) is 0.606. The number of likely N-dealkylation sites (N-methyl/N-ethyl adjacent to an activating group) is 1. The Kier molecular flexibility index (Phi) is 4.96. The lowest BCUT2D eigenvalue weighted by atomic mass is 10.0. The van der Waals surface area contributed by atoms with E-state index in [4.69, 9.17) is 11.6 Å². The van der Waals surface area contributed by atoms with Crippen molar-refractivity contribution >= 4 is 17.5 Å². The summed E-state index contributed by atoms with van der Waals surface area (Å²) in [4.78, 5) is 14.4. The molecule has 1 amide bonds. The van der Waals surface area contributed by atoms with E-state index < -0.39 is 0 Å². The summed E-state index contributed by atoms with van der Waals surface area (Å²) in [6, 6.07) is 17.5. The first kappa shape index (κ1) is 16.0. The summed E-state index contributed by atoms with van der Waals surface area (Å²) in [6.07, 6.45) is 0.682. The van der Waals surface area contributed by atoms with Crippen LogP contribution in [0.25, 0.3) is 0 Å². The molecule has 0 radical (unpaired) electrons. The second-order valence-electron chi connectivity index (χ2n) is 5.83. The molecule has 2 N–H and O–H groups in total. The Hall–Kier alpha value is -1.88. The maximum atomic E-state index is 12.6. The number of carbonyl (C=O) groups excluding carboxylic acids is 1. The first-order valence-electron chi connectivity index (χ1n) is 7.69. The van der Waals surface area contributed by atoms with E-state index in [1.807, 2.05) is 61.6 Å². The topological polar surface area (TPSA) is 44.4 Å². The van der Waals surface area contributed by atoms with Crippen LogP contribution in [0.15, 0.2) is 54.6 Å². The molecular formula is C18H20ClN3O. The average molecular weight is 330 g/mol. The van der Waals surface area contributed by atoms with Crippen LogP contribution < -0.4 is 10.9 Å². The number of nitrogens with one attached hydrogen (secondary N) is 2. The standard InChI is InChI=1S/C18H20ClN3O/c1-22(12-13-7-3-2-4-8-13)18(23)17-11-16(20-21-17)14-9-5-6-10-15(14)19/h2-10,16-17,20-21H,11-12H2,1H3. The molecule has 2 aromatic carbocycles. The van der Waals surface area contributed by atoms with Gasteiger partial charge in [0, 0.05) is 24.7 Å². The average Bonchev–Trinajstić information content (AvgIpc) is 3.05. The maximum Gasteiger partial charge on any atom is 0.241 e. The monoisotopic (exact) mass is 329 g/mol. The van der Waals surface area contributed by atoms with E-state index in [1.54, 1.807) is 4.90 Å². The Morgan fingerprint density at radius 3 is 2.57 bits per heavy atom. The summed E-state index contributed by atoms with van der Waals surface area (Å²) >= 11 is 6.24. The molecule has 3 rings (SSSR count). The van der Waals surface area contributed by atoms with Crippen LogP contribution in [0, 0.1) is 0 Å². The normalized spacial score (nSPS) is 20.4. The van der Waals surface area contributed by atoms with Crippen molar-refractivity contribution in [1.29, 1.82) is 0 Å². The Morgan fingerprint density at radius 1 is 1.13 bits per heavy atom. The maximum absolute atomic E-state index is 12.6. The van der Waals surface area contributed by atoms with Crippen molar-refractivity contribution in [2.75, 3.05) is 7.05 Å². The Morgan fingerprint density at radius 2 is 1.83 bits per heavy atom. The first-order chi connectivity index (χ1) is 11.1. The first-order valence-corrected chi connectivity index (χ1v) is 8.07. The molecule has 1 saturated heterocycles. The van der Waals surface area contributed by atoms with E-state index in [2.05, 4.69) is 10.9 Å². The van der Waals surface area contributed by atoms with Gasteiger partial charge < -0.3 is 4.90 Å². The van der Waals surface area contributed by atoms with Gasteiger partial charge in [-0.2, -0.15) is 0 Å². The fraction of sp³-hybridized carbons (Fsp3) is 0.278. The predicted octanol–water partition coefficient (Wildman–Crippen LogP) is 2.91. The zero-order valence-electron chi connectivity index (χ0n) is 13.0. The van der Waals surface area contributed by atoms with Crippen LogP contribution in [0.2, 0.25) is 5.02 Å². The third kappa shape index (κ3) is 3.72. The molecule has 2 unspecified atom stereocenters. The van der Waals surface area contributed by atoms with Gasteiger partial charge in [0.05, 0.1) is 0 Å². The summed E-state index contributed by atoms with van der Waals surface area (Å²) in [5.74, 6) is 0.0795. The van der Waals surface area contributed by atoms with Gasteiger partial charge in [-0.15, -0.1) is 0 Å². The second kappa shape index (κ2) is 7.13. The van der Waals surface area contributed by atoms with Crippen LogP contribution in [-0.4, -0.2) is 23.9 Å². The highest BCUT2D eigenvalue weighted by Crippen LogP contribution is 2.28. The van der Waals surface area contributed by atoms with E-state index in [0.29, 0.717) is 13.0 Å². The minimum atomic E-state index is -0.245. The Labute approximate surface area is 141 Å². The summed E-state index contributed by atoms with van der Waals surface area (Å²) < 4.78 is 0. The third-order valence-electron chi connectivity index (χ3n) is 4.12. The van der Waals surface area contributed by atoms with Crippen molar-refractivity contribution in [3.05, 3.63) is 70.7 Å². The van der Waals surface area contributed by atoms with Crippen LogP contribution >= 0.6 is 11.6 Å². The lowest BCUT2D eigenvalue weighted by molar-refractivity contribution is -0.132. The molecule has 5 heteroatoms. The lowest BCUT2D eigenvalue weighted by Crippen LogP contribution is -2.43. The highest BCUT2D eigenvalue weighted by atomic mass is 35.5. The minimum Gasteiger partial charge on any atom is -0.340 e. The van der Waals surface area contributed by atoms with Crippen molar-refractivity contribution < 1.29 is 4.79 Å². The molecule has 2 aromatic rings. The lowest BCUT2D eigenvalue weighted by Gasteiger charge is -2.21. The number of nitrogens with zero attached hydrogens (tertiary/aromatic N) is 1. The molecule has 0 aromatic heterocycles. The van der Waals surface area contributed by atoms with Crippen molar-refractivity contribution in [2.24, 2.45) is 0 Å². The van der Waals surface area contributed by atoms with Crippen LogP contribution in [0.4, 0.5) is 0 Å². The molecule has 0 saturated carbocycles. The van der Waals surface area contributed by atoms with Crippen molar-refractivity contribution in [3.63, 3.8) is 0 Å². The minimum absolute atomic E-state index is 0.0442. The van der Waals surface area contributed by atoms with Crippen molar-refractivity contribution in [2.45, 2.75) is 25.0 Å². The molecule has 0 aliphatic carbocycles. The quantitative estimate of drug-likeness (QED) is 0.906. The molecule has 1 aliphatic rings. The van der Waals surface area contributed by atoms with Crippen LogP contribution in [0.5, 0.6) is 0 Å². The van der Waals surface area contributed by atoms with Crippen LogP contribution in [-0.2, 0) is 11.3 Å². The highest BCUT2D eigenvalue weighted by molar-refractivity contribution is 6.31. The molecule has 2 atom stereocenters. The van der Waals surface area contributed by atoms with Crippen molar-refractivity contribution in [3.8, 4) is 0 Å². The van der Waals surface area contributed by atoms with Gasteiger partial charge in [0.25, 0.3) is 0 Å². The molecule has 1 aliphatic heterocycles. The summed E-state index contributed by atoms with van der Waals surface area (Å²) in [5, 5.41) is 0.720. The highest BCUT2D eigenvalue weighted by Gasteiger charge is 2.32. The van der Waals surface area contributed by atoms with E-state index in [0.717, 1.165) is 16.1 Å². The number of amides is 1. The number of halogens is 1. The SMILES string of the molecule is CN(Cc1ccccc1)C(=O)C1CC(c2ccccc2Cl)NN1. The van der Waals surface area contributed by atoms with Gasteiger partial charge in [-0.05, 0) is 23.6 Å². The predicted molar refractivity (Wildman–Crippen MR) is 91.8 cm³/mol. The van der Waals surface area contributed by atoms with E-state index in [1.165, 1.54) is 0 Å². The van der Waals surface area contributed by atoms with E-state index >= 15 is 0 Å². The number of rotatable bonds is 4. The number of hydrogen-bond donors (Lipinski definition) is 2. The van der Waals surface area contributed by atoms with Gasteiger partial charge in [0.1, 0.15) is 6.04 Å². The molecule has 120 valence electrons. The van der Waals surface area contributed by atoms with Gasteiger partial charge in [-0.25, -0.2) is 10.9 Å². The summed E-state index contributed by atoms with van der Waals surface area (Å²) in [5.41, 5.74) is 8.42. The molecule has 23 heavy (non-hydrogen) atoms. The number of carbonyl (C=O) groups is 1. The van der Waals surface area contributed by atoms with E-state index in [9.17, 15) is 4.79 Å². The van der Waals surface area contributed by atoms with Gasteiger partial charge >= 0.3 is 0 Å². The van der Waals surface area contributed by atoms with Crippen molar-refractivity contribution in [1.82, 2.24) is 15.8 Å². The fourth-order valence-corrected chi connectivity index (χ4v) is 3.15. The third-order valence-corrected chi connectivity index (χ3v) is 4.46. The molecule has 0 bridgehead atoms. The molecule has 4 nitrogen and oxygen atoms in total. The zero-order valence-corrected chi connectivity index (χ0v) is 13.8.